The molecule has 0 aliphatic heterocycles. The maximum Gasteiger partial charge on any atom is 0.0123 e. The smallest absolute Gasteiger partial charge is 0.0123 e. The Balaban J connectivity index is 1.28. The van der Waals surface area contributed by atoms with E-state index in [1.165, 1.54) is 39.2 Å². The van der Waals surface area contributed by atoms with Gasteiger partial charge in [0.25, 0.3) is 0 Å². The van der Waals surface area contributed by atoms with Crippen LogP contribution in [0.2, 0.25) is 0 Å². The maximum absolute atomic E-state index is 2.41. The van der Waals surface area contributed by atoms with Crippen LogP contribution in [0, 0.1) is 0 Å². The third-order valence-electron chi connectivity index (χ3n) is 7.68. The van der Waals surface area contributed by atoms with Crippen molar-refractivity contribution in [1.82, 2.24) is 0 Å². The molecule has 0 bridgehead atoms. The summed E-state index contributed by atoms with van der Waals surface area (Å²) in [6.45, 7) is 0. The molecule has 0 aliphatic rings. The lowest BCUT2D eigenvalue weighted by Gasteiger charge is -2.37. The van der Waals surface area contributed by atoms with Crippen molar-refractivity contribution in [3.05, 3.63) is 170 Å². The molecule has 0 nitrogen and oxygen atoms in total. The monoisotopic (exact) mass is 586 g/mol. The second-order valence-corrected chi connectivity index (χ2v) is 17.8. The summed E-state index contributed by atoms with van der Waals surface area (Å²) in [4.78, 5) is 10.8. The minimum absolute atomic E-state index is 1.26. The van der Waals surface area contributed by atoms with Gasteiger partial charge in [-0.15, -0.1) is 0 Å². The van der Waals surface area contributed by atoms with Crippen LogP contribution in [-0.2, 0) is 0 Å². The Morgan fingerprint density at radius 3 is 0.756 bits per heavy atom. The minimum Gasteiger partial charge on any atom is -0.163 e. The summed E-state index contributed by atoms with van der Waals surface area (Å²) in [5.74, 6) is 0. The van der Waals surface area contributed by atoms with E-state index in [9.17, 15) is 0 Å². The topological polar surface area (TPSA) is 0 Å². The van der Waals surface area contributed by atoms with Crippen LogP contribution in [0.15, 0.2) is 209 Å². The Hall–Kier alpha value is -3.63. The molecule has 0 saturated carbocycles. The van der Waals surface area contributed by atoms with E-state index in [1.54, 1.807) is 0 Å². The van der Waals surface area contributed by atoms with Gasteiger partial charge in [-0.05, 0) is 139 Å². The van der Waals surface area contributed by atoms with E-state index >= 15 is 0 Å². The molecule has 0 heterocycles. The molecule has 6 aromatic carbocycles. The Kier molecular flexibility index (Phi) is 8.11. The van der Waals surface area contributed by atoms with E-state index in [4.69, 9.17) is 0 Å². The van der Waals surface area contributed by atoms with Crippen molar-refractivity contribution in [2.75, 3.05) is 12.5 Å². The van der Waals surface area contributed by atoms with E-state index < -0.39 is 20.1 Å². The molecule has 0 saturated heterocycles. The fourth-order valence-electron chi connectivity index (χ4n) is 5.28. The average molecular weight is 587 g/mol. The zero-order chi connectivity index (χ0) is 28.1. The molecular weight excluding hydrogens is 553 g/mol. The van der Waals surface area contributed by atoms with Gasteiger partial charge in [0.1, 0.15) is 0 Å². The molecule has 204 valence electrons. The van der Waals surface area contributed by atoms with Gasteiger partial charge >= 0.3 is 0 Å². The fourth-order valence-corrected chi connectivity index (χ4v) is 11.9. The Bertz CT molecular complexity index is 1470. The lowest BCUT2D eigenvalue weighted by Crippen LogP contribution is -2.01. The minimum atomic E-state index is -1.35. The normalized spacial score (nSPS) is 12.5. The summed E-state index contributed by atoms with van der Waals surface area (Å²) in [6.07, 6.45) is 4.83. The lowest BCUT2D eigenvalue weighted by molar-refractivity contribution is 1.26. The molecule has 0 fully saturated rings. The quantitative estimate of drug-likeness (QED) is 0.171. The Morgan fingerprint density at radius 2 is 0.512 bits per heavy atom. The van der Waals surface area contributed by atoms with Crippen LogP contribution in [0.3, 0.4) is 0 Å². The zero-order valence-electron chi connectivity index (χ0n) is 23.4. The molecule has 0 spiro atoms. The van der Waals surface area contributed by atoms with E-state index in [0.717, 1.165) is 0 Å². The highest BCUT2D eigenvalue weighted by Crippen LogP contribution is 2.66. The average Bonchev–Trinajstić information content (AvgIpc) is 3.06. The van der Waals surface area contributed by atoms with Crippen LogP contribution in [0.25, 0.3) is 0 Å². The number of hydrogen-bond donors (Lipinski definition) is 0. The molecule has 0 amide bonds. The molecule has 41 heavy (non-hydrogen) atoms. The van der Waals surface area contributed by atoms with Crippen LogP contribution in [0.1, 0.15) is 0 Å². The Labute approximate surface area is 252 Å². The summed E-state index contributed by atoms with van der Waals surface area (Å²) in [7, 11) is -2.69. The van der Waals surface area contributed by atoms with Gasteiger partial charge in [0.2, 0.25) is 0 Å². The van der Waals surface area contributed by atoms with E-state index in [-0.39, 0.29) is 0 Å². The van der Waals surface area contributed by atoms with Crippen molar-refractivity contribution in [1.29, 1.82) is 0 Å². The van der Waals surface area contributed by atoms with Crippen LogP contribution in [0.5, 0.6) is 0 Å². The van der Waals surface area contributed by atoms with Crippen LogP contribution < -0.4 is 0 Å². The van der Waals surface area contributed by atoms with Crippen molar-refractivity contribution < 1.29 is 0 Å². The highest BCUT2D eigenvalue weighted by atomic mass is 32.3. The van der Waals surface area contributed by atoms with Crippen LogP contribution >= 0.6 is 31.8 Å². The standard InChI is InChI=1S/C38H34S3/c1-40(33-15-7-3-8-16-33,34-17-9-4-10-18-34)37-27-23-31(24-28-37)39-32-25-29-38(30-26-32)41(2,35-19-11-5-12-20-35)36-21-13-6-14-22-36/h3-30H,1-2H3. The van der Waals surface area contributed by atoms with Crippen molar-refractivity contribution in [2.24, 2.45) is 0 Å². The van der Waals surface area contributed by atoms with Crippen LogP contribution in [0.4, 0.5) is 0 Å². The third kappa shape index (κ3) is 5.50. The fraction of sp³-hybridized carbons (Fsp3) is 0.0526. The lowest BCUT2D eigenvalue weighted by atomic mass is 10.3. The highest BCUT2D eigenvalue weighted by Gasteiger charge is 2.27. The SMILES string of the molecule is CS(c1ccccc1)(c1ccccc1)c1ccc(Sc2ccc(S(C)(c3ccccc3)c3ccccc3)cc2)cc1. The predicted octanol–water partition coefficient (Wildman–Crippen LogP) is 11.7. The molecule has 0 atom stereocenters. The Morgan fingerprint density at radius 1 is 0.293 bits per heavy atom. The predicted molar refractivity (Wildman–Crippen MR) is 179 cm³/mol. The summed E-state index contributed by atoms with van der Waals surface area (Å²) in [6, 6.07) is 62.3. The first-order chi connectivity index (χ1) is 20.1. The molecule has 3 heteroatoms. The van der Waals surface area contributed by atoms with E-state index in [0.29, 0.717) is 0 Å². The highest BCUT2D eigenvalue weighted by molar-refractivity contribution is 8.33. The summed E-state index contributed by atoms with van der Waals surface area (Å²) in [5.41, 5.74) is 0. The van der Waals surface area contributed by atoms with Gasteiger partial charge in [-0.2, -0.15) is 20.1 Å². The summed E-state index contributed by atoms with van der Waals surface area (Å²) < 4.78 is 0. The van der Waals surface area contributed by atoms with E-state index in [1.807, 2.05) is 11.8 Å². The van der Waals surface area contributed by atoms with Crippen molar-refractivity contribution in [3.63, 3.8) is 0 Å². The van der Waals surface area contributed by atoms with Gasteiger partial charge < -0.3 is 0 Å². The summed E-state index contributed by atoms with van der Waals surface area (Å²) in [5, 5.41) is 0. The van der Waals surface area contributed by atoms with Crippen molar-refractivity contribution in [3.8, 4) is 0 Å². The van der Waals surface area contributed by atoms with Crippen molar-refractivity contribution >= 4 is 31.8 Å². The molecule has 0 aliphatic carbocycles. The van der Waals surface area contributed by atoms with Gasteiger partial charge in [0.15, 0.2) is 0 Å². The van der Waals surface area contributed by atoms with Gasteiger partial charge in [-0.25, -0.2) is 0 Å². The number of benzene rings is 6. The van der Waals surface area contributed by atoms with Gasteiger partial charge in [-0.3, -0.25) is 0 Å². The van der Waals surface area contributed by atoms with Gasteiger partial charge in [0.05, 0.1) is 0 Å². The second kappa shape index (κ2) is 12.1. The molecule has 6 rings (SSSR count). The van der Waals surface area contributed by atoms with Crippen LogP contribution in [-0.4, -0.2) is 12.5 Å². The molecule has 6 aromatic rings. The molecule has 0 unspecified atom stereocenters. The first-order valence-corrected chi connectivity index (χ1v) is 18.6. The number of hydrogen-bond acceptors (Lipinski definition) is 1. The largest absolute Gasteiger partial charge is 0.163 e. The molecular formula is C38H34S3. The first kappa shape index (κ1) is 27.5. The molecule has 0 radical (unpaired) electrons. The first-order valence-electron chi connectivity index (χ1n) is 13.7. The summed E-state index contributed by atoms with van der Waals surface area (Å²) >= 11 is 1.83. The van der Waals surface area contributed by atoms with Gasteiger partial charge in [-0.1, -0.05) is 84.6 Å². The third-order valence-corrected chi connectivity index (χ3v) is 16.0. The maximum atomic E-state index is 2.41. The van der Waals surface area contributed by atoms with Gasteiger partial charge in [0, 0.05) is 9.79 Å². The van der Waals surface area contributed by atoms with Crippen molar-refractivity contribution in [2.45, 2.75) is 39.2 Å². The van der Waals surface area contributed by atoms with E-state index in [2.05, 4.69) is 182 Å². The number of rotatable bonds is 8. The second-order valence-electron chi connectivity index (χ2n) is 10.1. The molecule has 0 aromatic heterocycles. The molecule has 0 N–H and O–H groups in total. The zero-order valence-corrected chi connectivity index (χ0v) is 25.8.